The number of hydrogen-bond donors (Lipinski definition) is 2. The number of piperazine rings is 1. The molecule has 0 spiro atoms. The van der Waals surface area contributed by atoms with E-state index >= 15 is 0 Å². The summed E-state index contributed by atoms with van der Waals surface area (Å²) in [6, 6.07) is 15.1. The number of benzene rings is 2. The van der Waals surface area contributed by atoms with E-state index in [-0.39, 0.29) is 17.2 Å². The van der Waals surface area contributed by atoms with Crippen LogP contribution in [0.5, 0.6) is 0 Å². The first kappa shape index (κ1) is 18.2. The van der Waals surface area contributed by atoms with E-state index in [1.807, 2.05) is 42.5 Å². The smallest absolute Gasteiger partial charge is 0.292 e. The predicted octanol–water partition coefficient (Wildman–Crippen LogP) is 2.32. The van der Waals surface area contributed by atoms with E-state index in [2.05, 4.69) is 15.1 Å². The van der Waals surface area contributed by atoms with Crippen molar-refractivity contribution >= 4 is 17.1 Å². The molecule has 0 aromatic heterocycles. The van der Waals surface area contributed by atoms with E-state index in [1.54, 1.807) is 6.07 Å². The normalized spacial score (nSPS) is 15.0. The van der Waals surface area contributed by atoms with Crippen LogP contribution in [0.15, 0.2) is 48.5 Å². The fraction of sp³-hybridized carbons (Fsp3) is 0.368. The van der Waals surface area contributed by atoms with Gasteiger partial charge in [-0.3, -0.25) is 15.0 Å². The number of aliphatic hydroxyl groups is 1. The Bertz CT molecular complexity index is 731. The molecule has 7 heteroatoms. The van der Waals surface area contributed by atoms with E-state index in [0.29, 0.717) is 18.8 Å². The van der Waals surface area contributed by atoms with Crippen molar-refractivity contribution in [1.29, 1.82) is 0 Å². The van der Waals surface area contributed by atoms with Gasteiger partial charge in [0.15, 0.2) is 0 Å². The number of hydrogen-bond acceptors (Lipinski definition) is 6. The van der Waals surface area contributed by atoms with Gasteiger partial charge in [-0.05, 0) is 17.7 Å². The Hall–Kier alpha value is -2.64. The summed E-state index contributed by atoms with van der Waals surface area (Å²) in [5.74, 6) is 0. The summed E-state index contributed by atoms with van der Waals surface area (Å²) in [5.41, 5.74) is 2.68. The highest BCUT2D eigenvalue weighted by molar-refractivity contribution is 5.69. The molecule has 0 radical (unpaired) electrons. The number of β-amino-alcohol motifs (C(OH)–C–C–N with tert-alkyl or cyclic N) is 1. The molecular formula is C19H24N4O3. The third kappa shape index (κ3) is 4.50. The Labute approximate surface area is 153 Å². The number of anilines is 2. The number of rotatable bonds is 7. The van der Waals surface area contributed by atoms with Gasteiger partial charge in [0.1, 0.15) is 5.69 Å². The van der Waals surface area contributed by atoms with Gasteiger partial charge in [-0.15, -0.1) is 0 Å². The highest BCUT2D eigenvalue weighted by Gasteiger charge is 2.20. The van der Waals surface area contributed by atoms with Crippen LogP contribution in [0.25, 0.3) is 0 Å². The van der Waals surface area contributed by atoms with Crippen molar-refractivity contribution in [3.05, 3.63) is 64.2 Å². The lowest BCUT2D eigenvalue weighted by atomic mass is 10.2. The molecule has 0 bridgehead atoms. The van der Waals surface area contributed by atoms with E-state index in [4.69, 9.17) is 5.11 Å². The fourth-order valence-corrected chi connectivity index (χ4v) is 3.19. The highest BCUT2D eigenvalue weighted by atomic mass is 16.6. The maximum atomic E-state index is 11.4. The average molecular weight is 356 g/mol. The molecule has 26 heavy (non-hydrogen) atoms. The van der Waals surface area contributed by atoms with Crippen LogP contribution in [0.2, 0.25) is 0 Å². The van der Waals surface area contributed by atoms with Crippen LogP contribution < -0.4 is 10.2 Å². The Morgan fingerprint density at radius 2 is 1.81 bits per heavy atom. The number of aliphatic hydroxyl groups excluding tert-OH is 1. The molecule has 3 rings (SSSR count). The van der Waals surface area contributed by atoms with Crippen LogP contribution in [0.3, 0.4) is 0 Å². The molecule has 1 heterocycles. The maximum Gasteiger partial charge on any atom is 0.292 e. The number of nitrogens with one attached hydrogen (secondary N) is 1. The number of nitro groups is 1. The van der Waals surface area contributed by atoms with Gasteiger partial charge in [0.05, 0.1) is 11.5 Å². The van der Waals surface area contributed by atoms with Crippen molar-refractivity contribution < 1.29 is 10.0 Å². The molecule has 2 aromatic rings. The lowest BCUT2D eigenvalue weighted by Crippen LogP contribution is -2.47. The van der Waals surface area contributed by atoms with Gasteiger partial charge in [-0.2, -0.15) is 0 Å². The third-order valence-electron chi connectivity index (χ3n) is 4.66. The first-order valence-corrected chi connectivity index (χ1v) is 8.82. The van der Waals surface area contributed by atoms with Crippen molar-refractivity contribution in [1.82, 2.24) is 4.90 Å². The van der Waals surface area contributed by atoms with Crippen LogP contribution in [0, 0.1) is 10.1 Å². The summed E-state index contributed by atoms with van der Waals surface area (Å²) in [7, 11) is 0. The van der Waals surface area contributed by atoms with E-state index in [9.17, 15) is 10.1 Å². The first-order chi connectivity index (χ1) is 12.7. The zero-order chi connectivity index (χ0) is 18.4. The monoisotopic (exact) mass is 356 g/mol. The summed E-state index contributed by atoms with van der Waals surface area (Å²) < 4.78 is 0. The molecule has 1 fully saturated rings. The fourth-order valence-electron chi connectivity index (χ4n) is 3.19. The molecule has 1 aliphatic rings. The summed E-state index contributed by atoms with van der Waals surface area (Å²) in [6.45, 7) is 4.85. The summed E-state index contributed by atoms with van der Waals surface area (Å²) in [5, 5.41) is 23.6. The molecule has 138 valence electrons. The van der Waals surface area contributed by atoms with Gasteiger partial charge in [-0.25, -0.2) is 0 Å². The minimum Gasteiger partial charge on any atom is -0.395 e. The van der Waals surface area contributed by atoms with Gasteiger partial charge >= 0.3 is 0 Å². The van der Waals surface area contributed by atoms with Gasteiger partial charge in [0.25, 0.3) is 5.69 Å². The number of nitro benzene ring substituents is 1. The molecule has 0 aliphatic carbocycles. The van der Waals surface area contributed by atoms with Gasteiger partial charge in [-0.1, -0.05) is 30.3 Å². The first-order valence-electron chi connectivity index (χ1n) is 8.82. The molecule has 1 saturated heterocycles. The van der Waals surface area contributed by atoms with Crippen molar-refractivity contribution in [2.24, 2.45) is 0 Å². The Morgan fingerprint density at radius 1 is 1.08 bits per heavy atom. The molecule has 0 saturated carbocycles. The van der Waals surface area contributed by atoms with Gasteiger partial charge < -0.3 is 15.3 Å². The second kappa shape index (κ2) is 8.64. The Kier molecular flexibility index (Phi) is 6.04. The molecule has 0 amide bonds. The zero-order valence-electron chi connectivity index (χ0n) is 14.7. The van der Waals surface area contributed by atoms with Crippen LogP contribution in [-0.4, -0.2) is 54.3 Å². The lowest BCUT2D eigenvalue weighted by molar-refractivity contribution is -0.384. The van der Waals surface area contributed by atoms with Crippen molar-refractivity contribution in [3.63, 3.8) is 0 Å². The minimum atomic E-state index is -0.351. The van der Waals surface area contributed by atoms with E-state index in [0.717, 1.165) is 37.4 Å². The third-order valence-corrected chi connectivity index (χ3v) is 4.66. The van der Waals surface area contributed by atoms with Crippen LogP contribution in [0.4, 0.5) is 17.1 Å². The van der Waals surface area contributed by atoms with Crippen LogP contribution in [-0.2, 0) is 6.54 Å². The SMILES string of the molecule is O=[N+]([O-])c1ccc(N2CCN(CCO)CC2)cc1NCc1ccccc1. The molecule has 7 nitrogen and oxygen atoms in total. The molecule has 2 N–H and O–H groups in total. The van der Waals surface area contributed by atoms with E-state index < -0.39 is 0 Å². The summed E-state index contributed by atoms with van der Waals surface area (Å²) in [4.78, 5) is 15.5. The van der Waals surface area contributed by atoms with Crippen molar-refractivity contribution in [2.75, 3.05) is 49.5 Å². The summed E-state index contributed by atoms with van der Waals surface area (Å²) >= 11 is 0. The van der Waals surface area contributed by atoms with Crippen LogP contribution in [0.1, 0.15) is 5.56 Å². The van der Waals surface area contributed by atoms with Gasteiger partial charge in [0, 0.05) is 51.0 Å². The topological polar surface area (TPSA) is 81.9 Å². The van der Waals surface area contributed by atoms with Crippen molar-refractivity contribution in [2.45, 2.75) is 6.54 Å². The minimum absolute atomic E-state index is 0.0867. The molecule has 0 unspecified atom stereocenters. The van der Waals surface area contributed by atoms with Crippen molar-refractivity contribution in [3.8, 4) is 0 Å². The number of nitrogens with zero attached hydrogens (tertiary/aromatic N) is 3. The second-order valence-electron chi connectivity index (χ2n) is 6.35. The van der Waals surface area contributed by atoms with Crippen LogP contribution >= 0.6 is 0 Å². The Morgan fingerprint density at radius 3 is 2.46 bits per heavy atom. The molecular weight excluding hydrogens is 332 g/mol. The molecule has 1 aliphatic heterocycles. The van der Waals surface area contributed by atoms with E-state index in [1.165, 1.54) is 0 Å². The lowest BCUT2D eigenvalue weighted by Gasteiger charge is -2.35. The zero-order valence-corrected chi connectivity index (χ0v) is 14.7. The summed E-state index contributed by atoms with van der Waals surface area (Å²) in [6.07, 6.45) is 0. The average Bonchev–Trinajstić information content (AvgIpc) is 2.68. The quantitative estimate of drug-likeness (QED) is 0.585. The molecule has 0 atom stereocenters. The maximum absolute atomic E-state index is 11.4. The second-order valence-corrected chi connectivity index (χ2v) is 6.35. The van der Waals surface area contributed by atoms with Gasteiger partial charge in [0.2, 0.25) is 0 Å². The highest BCUT2D eigenvalue weighted by Crippen LogP contribution is 2.30. The Balaban J connectivity index is 1.73. The standard InChI is InChI=1S/C19H24N4O3/c24-13-12-21-8-10-22(11-9-21)17-6-7-19(23(25)26)18(14-17)20-15-16-4-2-1-3-5-16/h1-7,14,20,24H,8-13,15H2. The largest absolute Gasteiger partial charge is 0.395 e. The molecule has 2 aromatic carbocycles. The predicted molar refractivity (Wildman–Crippen MR) is 103 cm³/mol.